The number of nitrogens with zero attached hydrogens (tertiary/aromatic N) is 2. The van der Waals surface area contributed by atoms with Gasteiger partial charge in [0.05, 0.1) is 6.42 Å². The molecule has 7 heteroatoms. The summed E-state index contributed by atoms with van der Waals surface area (Å²) in [6.45, 7) is 0.778. The average molecular weight is 318 g/mol. The Labute approximate surface area is 135 Å². The molecule has 0 radical (unpaired) electrons. The fourth-order valence-electron chi connectivity index (χ4n) is 2.52. The third-order valence-corrected chi connectivity index (χ3v) is 3.86. The van der Waals surface area contributed by atoms with Crippen LogP contribution < -0.4 is 15.5 Å². The molecule has 1 heterocycles. The summed E-state index contributed by atoms with van der Waals surface area (Å²) >= 11 is 0. The molecule has 2 N–H and O–H groups in total. The van der Waals surface area contributed by atoms with Gasteiger partial charge >= 0.3 is 0 Å². The molecule has 0 aromatic heterocycles. The SMILES string of the molecule is CNC(=O)CC1C(=O)NCCN1C(=O)c1cccc(N(C)C)c1. The highest BCUT2D eigenvalue weighted by atomic mass is 16.2. The maximum absolute atomic E-state index is 12.8. The van der Waals surface area contributed by atoms with Gasteiger partial charge in [0.15, 0.2) is 0 Å². The standard InChI is InChI=1S/C16H22N4O3/c1-17-14(21)10-13-15(22)18-7-8-20(13)16(23)11-5-4-6-12(9-11)19(2)3/h4-6,9,13H,7-8,10H2,1-3H3,(H,17,21)(H,18,22). The largest absolute Gasteiger partial charge is 0.378 e. The van der Waals surface area contributed by atoms with Gasteiger partial charge in [-0.3, -0.25) is 14.4 Å². The Morgan fingerprint density at radius 3 is 2.78 bits per heavy atom. The van der Waals surface area contributed by atoms with E-state index in [2.05, 4.69) is 10.6 Å². The minimum absolute atomic E-state index is 0.0402. The minimum Gasteiger partial charge on any atom is -0.378 e. The van der Waals surface area contributed by atoms with E-state index in [1.54, 1.807) is 18.2 Å². The Balaban J connectivity index is 2.25. The van der Waals surface area contributed by atoms with Crippen LogP contribution in [0.15, 0.2) is 24.3 Å². The molecule has 1 aliphatic rings. The van der Waals surface area contributed by atoms with Crippen molar-refractivity contribution in [1.82, 2.24) is 15.5 Å². The maximum atomic E-state index is 12.8. The molecule has 1 unspecified atom stereocenters. The second-order valence-electron chi connectivity index (χ2n) is 5.63. The smallest absolute Gasteiger partial charge is 0.254 e. The van der Waals surface area contributed by atoms with Crippen molar-refractivity contribution in [2.45, 2.75) is 12.5 Å². The van der Waals surface area contributed by atoms with Crippen molar-refractivity contribution < 1.29 is 14.4 Å². The number of piperazine rings is 1. The number of hydrogen-bond acceptors (Lipinski definition) is 4. The monoisotopic (exact) mass is 318 g/mol. The summed E-state index contributed by atoms with van der Waals surface area (Å²) in [5.74, 6) is -0.804. The molecule has 1 fully saturated rings. The van der Waals surface area contributed by atoms with Crippen LogP contribution in [0.25, 0.3) is 0 Å². The first-order chi connectivity index (χ1) is 10.9. The first-order valence-corrected chi connectivity index (χ1v) is 7.50. The van der Waals surface area contributed by atoms with Crippen molar-refractivity contribution in [3.63, 3.8) is 0 Å². The topological polar surface area (TPSA) is 81.8 Å². The Morgan fingerprint density at radius 1 is 1.39 bits per heavy atom. The number of carbonyl (C=O) groups excluding carboxylic acids is 3. The summed E-state index contributed by atoms with van der Waals surface area (Å²) in [6.07, 6.45) is -0.0402. The van der Waals surface area contributed by atoms with Crippen molar-refractivity contribution in [1.29, 1.82) is 0 Å². The van der Waals surface area contributed by atoms with Crippen LogP contribution >= 0.6 is 0 Å². The lowest BCUT2D eigenvalue weighted by Gasteiger charge is -2.34. The van der Waals surface area contributed by atoms with Crippen LogP contribution in [0.2, 0.25) is 0 Å². The number of carbonyl (C=O) groups is 3. The predicted octanol–water partition coefficient (Wildman–Crippen LogP) is -0.171. The van der Waals surface area contributed by atoms with Crippen LogP contribution in [-0.4, -0.2) is 62.9 Å². The van der Waals surface area contributed by atoms with Crippen molar-refractivity contribution in [3.05, 3.63) is 29.8 Å². The number of nitrogens with one attached hydrogen (secondary N) is 2. The molecule has 3 amide bonds. The highest BCUT2D eigenvalue weighted by Crippen LogP contribution is 2.18. The van der Waals surface area contributed by atoms with Crippen molar-refractivity contribution in [2.75, 3.05) is 39.1 Å². The van der Waals surface area contributed by atoms with E-state index in [0.717, 1.165) is 5.69 Å². The van der Waals surface area contributed by atoms with Crippen LogP contribution in [0.3, 0.4) is 0 Å². The predicted molar refractivity (Wildman–Crippen MR) is 87.3 cm³/mol. The van der Waals surface area contributed by atoms with Crippen LogP contribution in [0.1, 0.15) is 16.8 Å². The van der Waals surface area contributed by atoms with Crippen molar-refractivity contribution in [2.24, 2.45) is 0 Å². The van der Waals surface area contributed by atoms with Gasteiger partial charge < -0.3 is 20.4 Å². The highest BCUT2D eigenvalue weighted by Gasteiger charge is 2.34. The zero-order chi connectivity index (χ0) is 17.0. The summed E-state index contributed by atoms with van der Waals surface area (Å²) in [5, 5.41) is 5.20. The maximum Gasteiger partial charge on any atom is 0.254 e. The molecular weight excluding hydrogens is 296 g/mol. The molecule has 1 atom stereocenters. The van der Waals surface area contributed by atoms with Crippen molar-refractivity contribution in [3.8, 4) is 0 Å². The first kappa shape index (κ1) is 16.8. The Kier molecular flexibility index (Phi) is 5.20. The first-order valence-electron chi connectivity index (χ1n) is 7.50. The summed E-state index contributed by atoms with van der Waals surface area (Å²) < 4.78 is 0. The van der Waals surface area contributed by atoms with E-state index >= 15 is 0 Å². The molecule has 0 spiro atoms. The summed E-state index contributed by atoms with van der Waals surface area (Å²) in [4.78, 5) is 39.9. The van der Waals surface area contributed by atoms with E-state index in [1.165, 1.54) is 11.9 Å². The van der Waals surface area contributed by atoms with Gasteiger partial charge in [0.2, 0.25) is 11.8 Å². The Bertz CT molecular complexity index is 615. The molecule has 0 aliphatic carbocycles. The van der Waals surface area contributed by atoms with Crippen molar-refractivity contribution >= 4 is 23.4 Å². The van der Waals surface area contributed by atoms with Gasteiger partial charge in [0.25, 0.3) is 5.91 Å². The van der Waals surface area contributed by atoms with Crippen LogP contribution in [0, 0.1) is 0 Å². The Hall–Kier alpha value is -2.57. The van der Waals surface area contributed by atoms with Gasteiger partial charge in [-0.05, 0) is 18.2 Å². The third kappa shape index (κ3) is 3.80. The molecule has 1 aromatic carbocycles. The van der Waals surface area contributed by atoms with E-state index in [4.69, 9.17) is 0 Å². The summed E-state index contributed by atoms with van der Waals surface area (Å²) in [5.41, 5.74) is 1.41. The van der Waals surface area contributed by atoms with E-state index in [1.807, 2.05) is 25.1 Å². The number of hydrogen-bond donors (Lipinski definition) is 2. The van der Waals surface area contributed by atoms with Gasteiger partial charge in [-0.2, -0.15) is 0 Å². The highest BCUT2D eigenvalue weighted by molar-refractivity contribution is 6.00. The van der Waals surface area contributed by atoms with Gasteiger partial charge in [0.1, 0.15) is 6.04 Å². The molecule has 1 saturated heterocycles. The lowest BCUT2D eigenvalue weighted by Crippen LogP contribution is -2.58. The third-order valence-electron chi connectivity index (χ3n) is 3.86. The fraction of sp³-hybridized carbons (Fsp3) is 0.438. The second kappa shape index (κ2) is 7.13. The van der Waals surface area contributed by atoms with E-state index in [9.17, 15) is 14.4 Å². The van der Waals surface area contributed by atoms with E-state index in [0.29, 0.717) is 18.7 Å². The molecule has 1 aliphatic heterocycles. The molecular formula is C16H22N4O3. The lowest BCUT2D eigenvalue weighted by molar-refractivity contribution is -0.132. The van der Waals surface area contributed by atoms with Crippen LogP contribution in [0.5, 0.6) is 0 Å². The van der Waals surface area contributed by atoms with Gasteiger partial charge in [-0.15, -0.1) is 0 Å². The molecule has 0 bridgehead atoms. The minimum atomic E-state index is -0.779. The van der Waals surface area contributed by atoms with E-state index in [-0.39, 0.29) is 24.1 Å². The van der Waals surface area contributed by atoms with E-state index < -0.39 is 6.04 Å². The molecule has 2 rings (SSSR count). The quantitative estimate of drug-likeness (QED) is 0.807. The molecule has 0 saturated carbocycles. The number of amides is 3. The molecule has 23 heavy (non-hydrogen) atoms. The number of rotatable bonds is 4. The van der Waals surface area contributed by atoms with Gasteiger partial charge in [-0.1, -0.05) is 6.07 Å². The lowest BCUT2D eigenvalue weighted by atomic mass is 10.1. The Morgan fingerprint density at radius 2 is 2.13 bits per heavy atom. The number of anilines is 1. The fourth-order valence-corrected chi connectivity index (χ4v) is 2.52. The average Bonchev–Trinajstić information content (AvgIpc) is 2.56. The number of benzene rings is 1. The zero-order valence-electron chi connectivity index (χ0n) is 13.6. The van der Waals surface area contributed by atoms with Crippen LogP contribution in [-0.2, 0) is 9.59 Å². The van der Waals surface area contributed by atoms with Gasteiger partial charge in [0, 0.05) is 45.5 Å². The van der Waals surface area contributed by atoms with Crippen LogP contribution in [0.4, 0.5) is 5.69 Å². The second-order valence-corrected chi connectivity index (χ2v) is 5.63. The van der Waals surface area contributed by atoms with Gasteiger partial charge in [-0.25, -0.2) is 0 Å². The summed E-state index contributed by atoms with van der Waals surface area (Å²) in [6, 6.07) is 6.44. The normalized spacial score (nSPS) is 17.4. The molecule has 124 valence electrons. The molecule has 7 nitrogen and oxygen atoms in total. The molecule has 1 aromatic rings. The zero-order valence-corrected chi connectivity index (χ0v) is 13.6. The summed E-state index contributed by atoms with van der Waals surface area (Å²) in [7, 11) is 5.30.